The van der Waals surface area contributed by atoms with Gasteiger partial charge in [-0.05, 0) is 25.1 Å². The number of carbonyl (C=O) groups is 1. The summed E-state index contributed by atoms with van der Waals surface area (Å²) in [5.74, 6) is 0.305. The summed E-state index contributed by atoms with van der Waals surface area (Å²) in [6.07, 6.45) is -0.137. The highest BCUT2D eigenvalue weighted by Gasteiger charge is 2.34. The van der Waals surface area contributed by atoms with Crippen molar-refractivity contribution in [1.29, 1.82) is 0 Å². The highest BCUT2D eigenvalue weighted by molar-refractivity contribution is 5.97. The Morgan fingerprint density at radius 3 is 2.70 bits per heavy atom. The van der Waals surface area contributed by atoms with Gasteiger partial charge in [0.1, 0.15) is 6.10 Å². The Morgan fingerprint density at radius 2 is 1.93 bits per heavy atom. The van der Waals surface area contributed by atoms with Crippen LogP contribution in [0.25, 0.3) is 10.9 Å². The fourth-order valence-corrected chi connectivity index (χ4v) is 3.19. The van der Waals surface area contributed by atoms with Crippen LogP contribution >= 0.6 is 0 Å². The Labute approximate surface area is 155 Å². The average Bonchev–Trinajstić information content (AvgIpc) is 2.63. The predicted octanol–water partition coefficient (Wildman–Crippen LogP) is 3.35. The molecule has 0 unspecified atom stereocenters. The van der Waals surface area contributed by atoms with Crippen LogP contribution in [0.3, 0.4) is 0 Å². The number of fused-ring (bicyclic) bond motifs is 1. The van der Waals surface area contributed by atoms with E-state index in [4.69, 9.17) is 4.74 Å². The largest absolute Gasteiger partial charge is 0.471 e. The summed E-state index contributed by atoms with van der Waals surface area (Å²) in [7, 11) is 0. The summed E-state index contributed by atoms with van der Waals surface area (Å²) in [5, 5.41) is 12.1. The van der Waals surface area contributed by atoms with Gasteiger partial charge in [-0.2, -0.15) is 0 Å². The van der Waals surface area contributed by atoms with Crippen molar-refractivity contribution in [3.63, 3.8) is 0 Å². The number of nitro groups is 1. The molecule has 1 amide bonds. The van der Waals surface area contributed by atoms with Gasteiger partial charge < -0.3 is 9.64 Å². The molecule has 1 fully saturated rings. The van der Waals surface area contributed by atoms with Crippen LogP contribution in [-0.4, -0.2) is 39.9 Å². The van der Waals surface area contributed by atoms with Gasteiger partial charge in [-0.3, -0.25) is 14.9 Å². The molecule has 7 nitrogen and oxygen atoms in total. The van der Waals surface area contributed by atoms with Crippen LogP contribution in [0.2, 0.25) is 0 Å². The normalized spacial score (nSPS) is 14.0. The third-order valence-electron chi connectivity index (χ3n) is 4.73. The lowest BCUT2D eigenvalue weighted by Gasteiger charge is -2.38. The van der Waals surface area contributed by atoms with Crippen molar-refractivity contribution in [1.82, 2.24) is 9.88 Å². The first-order valence-electron chi connectivity index (χ1n) is 8.58. The van der Waals surface area contributed by atoms with E-state index in [1.165, 1.54) is 12.1 Å². The predicted molar refractivity (Wildman–Crippen MR) is 99.9 cm³/mol. The first kappa shape index (κ1) is 17.0. The van der Waals surface area contributed by atoms with Crippen LogP contribution in [-0.2, 0) is 0 Å². The maximum atomic E-state index is 12.6. The highest BCUT2D eigenvalue weighted by atomic mass is 16.6. The number of para-hydroxylation sites is 1. The highest BCUT2D eigenvalue weighted by Crippen LogP contribution is 2.25. The first-order valence-corrected chi connectivity index (χ1v) is 8.58. The SMILES string of the molecule is Cc1c(C(=O)N2CC(Oc3ccc4ccccc4n3)C2)cccc1[N+](=O)[O-]. The Morgan fingerprint density at radius 1 is 1.15 bits per heavy atom. The molecular weight excluding hydrogens is 346 g/mol. The van der Waals surface area contributed by atoms with Crippen LogP contribution < -0.4 is 4.74 Å². The fraction of sp³-hybridized carbons (Fsp3) is 0.200. The van der Waals surface area contributed by atoms with Crippen molar-refractivity contribution < 1.29 is 14.5 Å². The Kier molecular flexibility index (Phi) is 4.19. The van der Waals surface area contributed by atoms with Crippen molar-refractivity contribution in [2.24, 2.45) is 0 Å². The van der Waals surface area contributed by atoms with E-state index in [-0.39, 0.29) is 17.7 Å². The molecule has 1 aliphatic rings. The zero-order valence-electron chi connectivity index (χ0n) is 14.7. The molecule has 1 aliphatic heterocycles. The van der Waals surface area contributed by atoms with Crippen LogP contribution in [0.4, 0.5) is 5.69 Å². The molecule has 4 rings (SSSR count). The molecule has 3 aromatic rings. The van der Waals surface area contributed by atoms with Gasteiger partial charge in [-0.1, -0.05) is 24.3 Å². The van der Waals surface area contributed by atoms with E-state index in [2.05, 4.69) is 4.98 Å². The molecule has 0 atom stereocenters. The molecule has 0 radical (unpaired) electrons. The van der Waals surface area contributed by atoms with Crippen LogP contribution in [0.15, 0.2) is 54.6 Å². The number of hydrogen-bond acceptors (Lipinski definition) is 5. The Bertz CT molecular complexity index is 1040. The van der Waals surface area contributed by atoms with Crippen molar-refractivity contribution in [2.45, 2.75) is 13.0 Å². The van der Waals surface area contributed by atoms with E-state index in [9.17, 15) is 14.9 Å². The second-order valence-electron chi connectivity index (χ2n) is 6.50. The molecular formula is C20H17N3O4. The van der Waals surface area contributed by atoms with Crippen molar-refractivity contribution in [2.75, 3.05) is 13.1 Å². The topological polar surface area (TPSA) is 85.6 Å². The lowest BCUT2D eigenvalue weighted by atomic mass is 10.0. The van der Waals surface area contributed by atoms with Gasteiger partial charge in [0.25, 0.3) is 11.6 Å². The number of benzene rings is 2. The number of likely N-dealkylation sites (tertiary alicyclic amines) is 1. The molecule has 2 heterocycles. The molecule has 0 saturated carbocycles. The van der Waals surface area contributed by atoms with Gasteiger partial charge in [0.05, 0.1) is 23.5 Å². The van der Waals surface area contributed by atoms with Gasteiger partial charge in [0.2, 0.25) is 5.88 Å². The van der Waals surface area contributed by atoms with E-state index < -0.39 is 4.92 Å². The number of aromatic nitrogens is 1. The molecule has 0 N–H and O–H groups in total. The molecule has 0 aliphatic carbocycles. The number of nitro benzene ring substituents is 1. The number of carbonyl (C=O) groups excluding carboxylic acids is 1. The molecule has 0 spiro atoms. The van der Waals surface area contributed by atoms with E-state index in [0.717, 1.165) is 10.9 Å². The number of amides is 1. The second-order valence-corrected chi connectivity index (χ2v) is 6.50. The van der Waals surface area contributed by atoms with Crippen molar-refractivity contribution in [3.8, 4) is 5.88 Å². The third kappa shape index (κ3) is 3.19. The average molecular weight is 363 g/mol. The summed E-state index contributed by atoms with van der Waals surface area (Å²) in [6.45, 7) is 2.45. The maximum Gasteiger partial charge on any atom is 0.273 e. The van der Waals surface area contributed by atoms with Gasteiger partial charge in [0.15, 0.2) is 0 Å². The number of rotatable bonds is 4. The molecule has 27 heavy (non-hydrogen) atoms. The van der Waals surface area contributed by atoms with Crippen molar-refractivity contribution in [3.05, 3.63) is 75.8 Å². The number of pyridine rings is 1. The van der Waals surface area contributed by atoms with Crippen LogP contribution in [0.5, 0.6) is 5.88 Å². The lowest BCUT2D eigenvalue weighted by Crippen LogP contribution is -2.56. The second kappa shape index (κ2) is 6.68. The minimum atomic E-state index is -0.473. The zero-order valence-corrected chi connectivity index (χ0v) is 14.7. The van der Waals surface area contributed by atoms with E-state index in [1.54, 1.807) is 17.9 Å². The van der Waals surface area contributed by atoms with Gasteiger partial charge >= 0.3 is 0 Å². The van der Waals surface area contributed by atoms with E-state index in [0.29, 0.717) is 30.1 Å². The Hall–Kier alpha value is -3.48. The minimum absolute atomic E-state index is 0.0467. The van der Waals surface area contributed by atoms with Gasteiger partial charge in [-0.25, -0.2) is 4.98 Å². The molecule has 1 aromatic heterocycles. The van der Waals surface area contributed by atoms with Crippen LogP contribution in [0.1, 0.15) is 15.9 Å². The number of hydrogen-bond donors (Lipinski definition) is 0. The lowest BCUT2D eigenvalue weighted by molar-refractivity contribution is -0.385. The van der Waals surface area contributed by atoms with E-state index >= 15 is 0 Å². The summed E-state index contributed by atoms with van der Waals surface area (Å²) in [6, 6.07) is 16.1. The summed E-state index contributed by atoms with van der Waals surface area (Å²) < 4.78 is 5.85. The zero-order chi connectivity index (χ0) is 19.0. The van der Waals surface area contributed by atoms with Gasteiger partial charge in [-0.15, -0.1) is 0 Å². The Balaban J connectivity index is 1.42. The maximum absolute atomic E-state index is 12.6. The van der Waals surface area contributed by atoms with E-state index in [1.807, 2.05) is 36.4 Å². The van der Waals surface area contributed by atoms with Crippen molar-refractivity contribution >= 4 is 22.5 Å². The summed E-state index contributed by atoms with van der Waals surface area (Å²) in [4.78, 5) is 29.3. The summed E-state index contributed by atoms with van der Waals surface area (Å²) >= 11 is 0. The molecule has 7 heteroatoms. The minimum Gasteiger partial charge on any atom is -0.471 e. The molecule has 2 aromatic carbocycles. The molecule has 136 valence electrons. The monoisotopic (exact) mass is 363 g/mol. The first-order chi connectivity index (χ1) is 13.0. The van der Waals surface area contributed by atoms with Gasteiger partial charge in [0, 0.05) is 28.6 Å². The number of ether oxygens (including phenoxy) is 1. The quantitative estimate of drug-likeness (QED) is 0.524. The standard InChI is InChI=1S/C20H17N3O4/c1-13-16(6-4-8-18(13)23(25)26)20(24)22-11-15(12-22)27-19-10-9-14-5-2-3-7-17(14)21-19/h2-10,15H,11-12H2,1H3. The molecule has 0 bridgehead atoms. The van der Waals surface area contributed by atoms with Crippen LogP contribution in [0, 0.1) is 17.0 Å². The smallest absolute Gasteiger partial charge is 0.273 e. The summed E-state index contributed by atoms with van der Waals surface area (Å²) in [5.41, 5.74) is 1.54. The third-order valence-corrected chi connectivity index (χ3v) is 4.73. The fourth-order valence-electron chi connectivity index (χ4n) is 3.19. The number of nitrogens with zero attached hydrogens (tertiary/aromatic N) is 3. The molecule has 1 saturated heterocycles.